The average molecular weight is 413 g/mol. The molecule has 3 atom stereocenters. The third kappa shape index (κ3) is 13.4. The van der Waals surface area contributed by atoms with Crippen LogP contribution in [0.4, 0.5) is 0 Å². The Morgan fingerprint density at radius 3 is 2.62 bits per heavy atom. The number of carbonyl (C=O) groups excluding carboxylic acids is 2. The largest absolute Gasteiger partial charge is 0.466 e. The summed E-state index contributed by atoms with van der Waals surface area (Å²) >= 11 is 0. The van der Waals surface area contributed by atoms with Gasteiger partial charge in [0.15, 0.2) is 6.29 Å². The van der Waals surface area contributed by atoms with Gasteiger partial charge in [0.25, 0.3) is 0 Å². The SMILES string of the molecule is CCCCCC(C/C=C/C(CCCC(=O)OCC)OC1CCCCO1)OC(C)=O. The minimum Gasteiger partial charge on any atom is -0.466 e. The quantitative estimate of drug-likeness (QED) is 0.212. The standard InChI is InChI=1S/C23H40O6/c1-4-6-7-12-20(28-19(3)24)13-10-14-21(15-11-16-22(25)26-5-2)29-23-17-8-9-18-27-23/h10,14,20-21,23H,4-9,11-13,15-18H2,1-3H3/b14-10+. The smallest absolute Gasteiger partial charge is 0.305 e. The second-order valence-electron chi connectivity index (χ2n) is 7.56. The number of carbonyl (C=O) groups is 2. The molecule has 1 rings (SSSR count). The fourth-order valence-electron chi connectivity index (χ4n) is 3.37. The van der Waals surface area contributed by atoms with E-state index in [1.165, 1.54) is 6.92 Å². The fourth-order valence-corrected chi connectivity index (χ4v) is 3.37. The van der Waals surface area contributed by atoms with Gasteiger partial charge in [-0.25, -0.2) is 0 Å². The van der Waals surface area contributed by atoms with Gasteiger partial charge in [0.2, 0.25) is 0 Å². The van der Waals surface area contributed by atoms with E-state index in [-0.39, 0.29) is 30.4 Å². The first-order valence-corrected chi connectivity index (χ1v) is 11.3. The van der Waals surface area contributed by atoms with E-state index >= 15 is 0 Å². The van der Waals surface area contributed by atoms with Crippen molar-refractivity contribution < 1.29 is 28.5 Å². The highest BCUT2D eigenvalue weighted by Gasteiger charge is 2.19. The molecule has 0 amide bonds. The first-order chi connectivity index (χ1) is 14.0. The molecule has 0 radical (unpaired) electrons. The molecule has 1 heterocycles. The number of esters is 2. The van der Waals surface area contributed by atoms with Crippen LogP contribution in [-0.4, -0.2) is 43.7 Å². The lowest BCUT2D eigenvalue weighted by atomic mass is 10.1. The maximum Gasteiger partial charge on any atom is 0.305 e. The molecule has 3 unspecified atom stereocenters. The molecule has 0 saturated carbocycles. The van der Waals surface area contributed by atoms with Gasteiger partial charge in [0.1, 0.15) is 6.10 Å². The van der Waals surface area contributed by atoms with Crippen LogP contribution in [0.5, 0.6) is 0 Å². The molecule has 6 heteroatoms. The molecule has 6 nitrogen and oxygen atoms in total. The van der Waals surface area contributed by atoms with Crippen molar-refractivity contribution in [3.05, 3.63) is 12.2 Å². The van der Waals surface area contributed by atoms with Gasteiger partial charge in [0, 0.05) is 26.4 Å². The third-order valence-corrected chi connectivity index (χ3v) is 4.85. The van der Waals surface area contributed by atoms with Crippen LogP contribution in [0.2, 0.25) is 0 Å². The highest BCUT2D eigenvalue weighted by Crippen LogP contribution is 2.19. The summed E-state index contributed by atoms with van der Waals surface area (Å²) < 4.78 is 22.3. The summed E-state index contributed by atoms with van der Waals surface area (Å²) in [6, 6.07) is 0. The molecule has 0 bridgehead atoms. The van der Waals surface area contributed by atoms with E-state index in [2.05, 4.69) is 6.92 Å². The molecule has 0 aromatic heterocycles. The lowest BCUT2D eigenvalue weighted by molar-refractivity contribution is -0.179. The molecule has 1 aliphatic rings. The summed E-state index contributed by atoms with van der Waals surface area (Å²) in [5.74, 6) is -0.410. The van der Waals surface area contributed by atoms with Crippen molar-refractivity contribution in [1.82, 2.24) is 0 Å². The molecule has 29 heavy (non-hydrogen) atoms. The van der Waals surface area contributed by atoms with Gasteiger partial charge in [-0.2, -0.15) is 0 Å². The van der Waals surface area contributed by atoms with Gasteiger partial charge < -0.3 is 18.9 Å². The third-order valence-electron chi connectivity index (χ3n) is 4.85. The van der Waals surface area contributed by atoms with E-state index < -0.39 is 0 Å². The van der Waals surface area contributed by atoms with Gasteiger partial charge >= 0.3 is 11.9 Å². The van der Waals surface area contributed by atoms with Crippen molar-refractivity contribution in [1.29, 1.82) is 0 Å². The van der Waals surface area contributed by atoms with Crippen molar-refractivity contribution >= 4 is 11.9 Å². The first kappa shape index (κ1) is 25.6. The Hall–Kier alpha value is -1.40. The topological polar surface area (TPSA) is 71.1 Å². The van der Waals surface area contributed by atoms with Crippen LogP contribution in [0.25, 0.3) is 0 Å². The van der Waals surface area contributed by atoms with Crippen molar-refractivity contribution in [3.63, 3.8) is 0 Å². The van der Waals surface area contributed by atoms with E-state index in [4.69, 9.17) is 18.9 Å². The molecule has 1 saturated heterocycles. The maximum atomic E-state index is 11.6. The molecule has 1 aliphatic heterocycles. The molecule has 1 fully saturated rings. The molecule has 0 N–H and O–H groups in total. The van der Waals surface area contributed by atoms with Gasteiger partial charge in [-0.3, -0.25) is 9.59 Å². The fraction of sp³-hybridized carbons (Fsp3) is 0.826. The summed E-state index contributed by atoms with van der Waals surface area (Å²) in [7, 11) is 0. The van der Waals surface area contributed by atoms with E-state index in [9.17, 15) is 9.59 Å². The molecule has 0 spiro atoms. The summed E-state index contributed by atoms with van der Waals surface area (Å²) in [6.45, 7) is 6.57. The predicted octanol–water partition coefficient (Wildman–Crippen LogP) is 5.09. The van der Waals surface area contributed by atoms with E-state index in [1.54, 1.807) is 0 Å². The highest BCUT2D eigenvalue weighted by atomic mass is 16.7. The van der Waals surface area contributed by atoms with Crippen LogP contribution in [0, 0.1) is 0 Å². The molecule has 0 aromatic carbocycles. The van der Waals surface area contributed by atoms with E-state index in [1.807, 2.05) is 19.1 Å². The van der Waals surface area contributed by atoms with Crippen molar-refractivity contribution in [2.75, 3.05) is 13.2 Å². The number of ether oxygens (including phenoxy) is 4. The zero-order valence-electron chi connectivity index (χ0n) is 18.5. The number of hydrogen-bond donors (Lipinski definition) is 0. The van der Waals surface area contributed by atoms with Gasteiger partial charge in [0.05, 0.1) is 12.7 Å². The summed E-state index contributed by atoms with van der Waals surface area (Å²) in [5.41, 5.74) is 0. The monoisotopic (exact) mass is 412 g/mol. The highest BCUT2D eigenvalue weighted by molar-refractivity contribution is 5.69. The lowest BCUT2D eigenvalue weighted by Gasteiger charge is -2.26. The van der Waals surface area contributed by atoms with Gasteiger partial charge in [-0.1, -0.05) is 31.9 Å². The van der Waals surface area contributed by atoms with E-state index in [0.29, 0.717) is 25.9 Å². The zero-order valence-corrected chi connectivity index (χ0v) is 18.5. The minimum atomic E-state index is -0.238. The summed E-state index contributed by atoms with van der Waals surface area (Å²) in [6.07, 6.45) is 13.4. The Kier molecular flexibility index (Phi) is 14.5. The Morgan fingerprint density at radius 2 is 1.97 bits per heavy atom. The molecular formula is C23H40O6. The minimum absolute atomic E-state index is 0.0959. The number of rotatable bonds is 15. The van der Waals surface area contributed by atoms with Crippen LogP contribution in [0.1, 0.15) is 91.4 Å². The lowest BCUT2D eigenvalue weighted by Crippen LogP contribution is -2.27. The first-order valence-electron chi connectivity index (χ1n) is 11.3. The Morgan fingerprint density at radius 1 is 1.14 bits per heavy atom. The summed E-state index contributed by atoms with van der Waals surface area (Å²) in [4.78, 5) is 23.0. The van der Waals surface area contributed by atoms with Crippen LogP contribution in [0.15, 0.2) is 12.2 Å². The average Bonchev–Trinajstić information content (AvgIpc) is 2.68. The van der Waals surface area contributed by atoms with Gasteiger partial charge in [-0.05, 0) is 51.9 Å². The molecule has 0 aliphatic carbocycles. The molecule has 0 aromatic rings. The van der Waals surface area contributed by atoms with Gasteiger partial charge in [-0.15, -0.1) is 0 Å². The molecule has 168 valence electrons. The van der Waals surface area contributed by atoms with Crippen molar-refractivity contribution in [3.8, 4) is 0 Å². The van der Waals surface area contributed by atoms with Crippen LogP contribution in [-0.2, 0) is 28.5 Å². The van der Waals surface area contributed by atoms with Crippen LogP contribution in [0.3, 0.4) is 0 Å². The van der Waals surface area contributed by atoms with Crippen LogP contribution >= 0.6 is 0 Å². The second-order valence-corrected chi connectivity index (χ2v) is 7.56. The number of hydrogen-bond acceptors (Lipinski definition) is 6. The van der Waals surface area contributed by atoms with Crippen LogP contribution < -0.4 is 0 Å². The normalized spacial score (nSPS) is 19.1. The second kappa shape index (κ2) is 16.4. The zero-order chi connectivity index (χ0) is 21.3. The number of unbranched alkanes of at least 4 members (excludes halogenated alkanes) is 2. The maximum absolute atomic E-state index is 11.6. The molecular weight excluding hydrogens is 372 g/mol. The Labute approximate surface area is 176 Å². The Bertz CT molecular complexity index is 470. The summed E-state index contributed by atoms with van der Waals surface area (Å²) in [5, 5.41) is 0. The Balaban J connectivity index is 2.55. The van der Waals surface area contributed by atoms with Crippen molar-refractivity contribution in [2.45, 2.75) is 110 Å². The predicted molar refractivity (Wildman–Crippen MR) is 112 cm³/mol. The van der Waals surface area contributed by atoms with E-state index in [0.717, 1.165) is 58.0 Å². The van der Waals surface area contributed by atoms with Crippen molar-refractivity contribution in [2.24, 2.45) is 0 Å².